The Bertz CT molecular complexity index is 603. The molecule has 1 unspecified atom stereocenters. The van der Waals surface area contributed by atoms with Crippen LogP contribution in [0, 0.1) is 5.92 Å². The minimum absolute atomic E-state index is 0.0122. The van der Waals surface area contributed by atoms with Crippen LogP contribution in [0.2, 0.25) is 0 Å². The van der Waals surface area contributed by atoms with Crippen LogP contribution in [0.25, 0.3) is 0 Å². The quantitative estimate of drug-likeness (QED) is 0.867. The number of nitrogens with zero attached hydrogens (tertiary/aromatic N) is 1. The molecule has 1 aromatic carbocycles. The number of allylic oxidation sites excluding steroid dienone is 2. The molecule has 3 rings (SSSR count). The lowest BCUT2D eigenvalue weighted by Gasteiger charge is -2.27. The number of anilines is 1. The Morgan fingerprint density at radius 2 is 1.83 bits per heavy atom. The molecule has 1 aliphatic heterocycles. The zero-order valence-electron chi connectivity index (χ0n) is 13.5. The summed E-state index contributed by atoms with van der Waals surface area (Å²) in [6, 6.07) is 7.36. The Morgan fingerprint density at radius 1 is 1.04 bits per heavy atom. The van der Waals surface area contributed by atoms with Crippen molar-refractivity contribution in [1.82, 2.24) is 4.90 Å². The summed E-state index contributed by atoms with van der Waals surface area (Å²) in [6.45, 7) is 1.63. The van der Waals surface area contributed by atoms with Crippen molar-refractivity contribution in [2.45, 2.75) is 38.5 Å². The van der Waals surface area contributed by atoms with E-state index in [0.717, 1.165) is 45.2 Å². The molecule has 0 radical (unpaired) electrons. The molecule has 122 valence electrons. The standard InChI is InChI=1S/C19H24N2O2/c22-18(15-9-3-1-4-10-15)20-17-12-6-5-11-16(17)19(23)21-13-7-2-8-14-21/h1,3,5-6,11-12,15H,2,4,7-10,13-14H2,(H,20,22). The molecule has 1 N–H and O–H groups in total. The third-order valence-corrected chi connectivity index (χ3v) is 4.70. The van der Waals surface area contributed by atoms with E-state index in [9.17, 15) is 9.59 Å². The van der Waals surface area contributed by atoms with Crippen LogP contribution in [-0.4, -0.2) is 29.8 Å². The first-order chi connectivity index (χ1) is 11.3. The van der Waals surface area contributed by atoms with Crippen molar-refractivity contribution >= 4 is 17.5 Å². The fourth-order valence-electron chi connectivity index (χ4n) is 3.31. The average molecular weight is 312 g/mol. The van der Waals surface area contributed by atoms with Gasteiger partial charge in [0.15, 0.2) is 0 Å². The number of carbonyl (C=O) groups is 2. The summed E-state index contributed by atoms with van der Waals surface area (Å²) in [5.41, 5.74) is 1.25. The summed E-state index contributed by atoms with van der Waals surface area (Å²) in [5.74, 6) is 0.0653. The molecule has 1 aromatic rings. The zero-order valence-corrected chi connectivity index (χ0v) is 13.5. The van der Waals surface area contributed by atoms with Gasteiger partial charge in [-0.2, -0.15) is 0 Å². The number of hydrogen-bond donors (Lipinski definition) is 1. The Labute approximate surface area is 137 Å². The maximum Gasteiger partial charge on any atom is 0.255 e. The molecular weight excluding hydrogens is 288 g/mol. The van der Waals surface area contributed by atoms with E-state index in [1.54, 1.807) is 0 Å². The zero-order chi connectivity index (χ0) is 16.1. The lowest BCUT2D eigenvalue weighted by molar-refractivity contribution is -0.120. The van der Waals surface area contributed by atoms with Crippen molar-refractivity contribution in [1.29, 1.82) is 0 Å². The fourth-order valence-corrected chi connectivity index (χ4v) is 3.31. The molecule has 1 aliphatic carbocycles. The summed E-state index contributed by atoms with van der Waals surface area (Å²) in [5, 5.41) is 2.98. The second-order valence-corrected chi connectivity index (χ2v) is 6.37. The van der Waals surface area contributed by atoms with Crippen LogP contribution in [0.3, 0.4) is 0 Å². The van der Waals surface area contributed by atoms with E-state index in [1.165, 1.54) is 6.42 Å². The molecular formula is C19H24N2O2. The van der Waals surface area contributed by atoms with E-state index in [2.05, 4.69) is 17.5 Å². The van der Waals surface area contributed by atoms with Crippen LogP contribution in [0.1, 0.15) is 48.9 Å². The lowest BCUT2D eigenvalue weighted by Crippen LogP contribution is -2.36. The first-order valence-corrected chi connectivity index (χ1v) is 8.60. The minimum atomic E-state index is 0.0122. The average Bonchev–Trinajstić information content (AvgIpc) is 2.63. The summed E-state index contributed by atoms with van der Waals surface area (Å²) >= 11 is 0. The maximum absolute atomic E-state index is 12.7. The number of nitrogens with one attached hydrogen (secondary N) is 1. The lowest BCUT2D eigenvalue weighted by atomic mass is 9.93. The summed E-state index contributed by atoms with van der Waals surface area (Å²) in [6.07, 6.45) is 10.1. The highest BCUT2D eigenvalue weighted by atomic mass is 16.2. The number of carbonyl (C=O) groups excluding carboxylic acids is 2. The van der Waals surface area contributed by atoms with Gasteiger partial charge < -0.3 is 10.2 Å². The molecule has 0 bridgehead atoms. The third kappa shape index (κ3) is 3.81. The summed E-state index contributed by atoms with van der Waals surface area (Å²) < 4.78 is 0. The van der Waals surface area contributed by atoms with E-state index in [4.69, 9.17) is 0 Å². The normalized spacial score (nSPS) is 21.0. The van der Waals surface area contributed by atoms with Crippen LogP contribution in [0.5, 0.6) is 0 Å². The number of amides is 2. The molecule has 1 heterocycles. The Balaban J connectivity index is 1.73. The van der Waals surface area contributed by atoms with E-state index in [0.29, 0.717) is 11.3 Å². The second-order valence-electron chi connectivity index (χ2n) is 6.37. The maximum atomic E-state index is 12.7. The molecule has 2 aliphatic rings. The molecule has 0 saturated carbocycles. The van der Waals surface area contributed by atoms with Crippen LogP contribution < -0.4 is 5.32 Å². The summed E-state index contributed by atoms with van der Waals surface area (Å²) in [4.78, 5) is 27.1. The number of para-hydroxylation sites is 1. The Kier molecular flexibility index (Phi) is 5.11. The highest BCUT2D eigenvalue weighted by Gasteiger charge is 2.23. The van der Waals surface area contributed by atoms with Gasteiger partial charge in [-0.3, -0.25) is 9.59 Å². The predicted molar refractivity (Wildman–Crippen MR) is 91.3 cm³/mol. The molecule has 23 heavy (non-hydrogen) atoms. The van der Waals surface area contributed by atoms with E-state index in [-0.39, 0.29) is 17.7 Å². The first kappa shape index (κ1) is 15.8. The van der Waals surface area contributed by atoms with Gasteiger partial charge in [-0.1, -0.05) is 24.3 Å². The highest BCUT2D eigenvalue weighted by Crippen LogP contribution is 2.23. The van der Waals surface area contributed by atoms with Crippen LogP contribution in [-0.2, 0) is 4.79 Å². The first-order valence-electron chi connectivity index (χ1n) is 8.60. The molecule has 2 amide bonds. The largest absolute Gasteiger partial charge is 0.339 e. The second kappa shape index (κ2) is 7.44. The van der Waals surface area contributed by atoms with E-state index < -0.39 is 0 Å². The third-order valence-electron chi connectivity index (χ3n) is 4.70. The van der Waals surface area contributed by atoms with Gasteiger partial charge in [-0.05, 0) is 50.7 Å². The smallest absolute Gasteiger partial charge is 0.255 e. The van der Waals surface area contributed by atoms with Gasteiger partial charge in [0, 0.05) is 19.0 Å². The molecule has 0 spiro atoms. The number of likely N-dealkylation sites (tertiary alicyclic amines) is 1. The topological polar surface area (TPSA) is 49.4 Å². The van der Waals surface area contributed by atoms with Crippen molar-refractivity contribution in [3.63, 3.8) is 0 Å². The van der Waals surface area contributed by atoms with Gasteiger partial charge in [0.25, 0.3) is 5.91 Å². The van der Waals surface area contributed by atoms with Crippen molar-refractivity contribution in [2.24, 2.45) is 5.92 Å². The van der Waals surface area contributed by atoms with Crippen molar-refractivity contribution in [3.05, 3.63) is 42.0 Å². The fraction of sp³-hybridized carbons (Fsp3) is 0.474. The molecule has 1 saturated heterocycles. The molecule has 4 nitrogen and oxygen atoms in total. The van der Waals surface area contributed by atoms with Crippen LogP contribution >= 0.6 is 0 Å². The van der Waals surface area contributed by atoms with Crippen molar-refractivity contribution in [2.75, 3.05) is 18.4 Å². The van der Waals surface area contributed by atoms with Gasteiger partial charge in [0.2, 0.25) is 5.91 Å². The molecule has 4 heteroatoms. The van der Waals surface area contributed by atoms with Crippen molar-refractivity contribution < 1.29 is 9.59 Å². The molecule has 1 fully saturated rings. The monoisotopic (exact) mass is 312 g/mol. The predicted octanol–water partition coefficient (Wildman–Crippen LogP) is 3.61. The number of hydrogen-bond acceptors (Lipinski definition) is 2. The molecule has 1 atom stereocenters. The minimum Gasteiger partial charge on any atom is -0.339 e. The Hall–Kier alpha value is -2.10. The van der Waals surface area contributed by atoms with Crippen LogP contribution in [0.4, 0.5) is 5.69 Å². The van der Waals surface area contributed by atoms with E-state index in [1.807, 2.05) is 29.2 Å². The van der Waals surface area contributed by atoms with E-state index >= 15 is 0 Å². The SMILES string of the molecule is O=C(Nc1ccccc1C(=O)N1CCCCC1)C1CC=CCC1. The van der Waals surface area contributed by atoms with Gasteiger partial charge in [-0.15, -0.1) is 0 Å². The number of piperidine rings is 1. The number of rotatable bonds is 3. The number of benzene rings is 1. The van der Waals surface area contributed by atoms with Gasteiger partial charge in [0.1, 0.15) is 0 Å². The van der Waals surface area contributed by atoms with Gasteiger partial charge in [-0.25, -0.2) is 0 Å². The van der Waals surface area contributed by atoms with Gasteiger partial charge >= 0.3 is 0 Å². The van der Waals surface area contributed by atoms with Crippen molar-refractivity contribution in [3.8, 4) is 0 Å². The Morgan fingerprint density at radius 3 is 2.57 bits per heavy atom. The van der Waals surface area contributed by atoms with Gasteiger partial charge in [0.05, 0.1) is 11.3 Å². The highest BCUT2D eigenvalue weighted by molar-refractivity contribution is 6.04. The molecule has 0 aromatic heterocycles. The van der Waals surface area contributed by atoms with Crippen LogP contribution in [0.15, 0.2) is 36.4 Å². The summed E-state index contributed by atoms with van der Waals surface area (Å²) in [7, 11) is 0.